The molecule has 0 aliphatic carbocycles. The molecule has 0 bridgehead atoms. The minimum absolute atomic E-state index is 0.118. The highest BCUT2D eigenvalue weighted by Gasteiger charge is 2.09. The van der Waals surface area contributed by atoms with Crippen molar-refractivity contribution < 1.29 is 9.63 Å². The summed E-state index contributed by atoms with van der Waals surface area (Å²) in [5.41, 5.74) is 0.668. The van der Waals surface area contributed by atoms with Crippen molar-refractivity contribution in [1.82, 2.24) is 10.1 Å². The number of phenols is 1. The number of hydrogen-bond donors (Lipinski definition) is 1. The Morgan fingerprint density at radius 2 is 2.11 bits per heavy atom. The van der Waals surface area contributed by atoms with Crippen LogP contribution >= 0.6 is 11.3 Å². The van der Waals surface area contributed by atoms with Gasteiger partial charge in [-0.05, 0) is 32.0 Å². The van der Waals surface area contributed by atoms with Gasteiger partial charge in [0.25, 0.3) is 0 Å². The molecule has 0 aliphatic heterocycles. The first kappa shape index (κ1) is 11.8. The quantitative estimate of drug-likeness (QED) is 0.715. The van der Waals surface area contributed by atoms with Crippen molar-refractivity contribution in [3.8, 4) is 5.75 Å². The molecule has 0 aliphatic rings. The van der Waals surface area contributed by atoms with Crippen molar-refractivity contribution in [2.24, 2.45) is 10.2 Å². The fourth-order valence-corrected chi connectivity index (χ4v) is 2.71. The predicted octanol–water partition coefficient (Wildman–Crippen LogP) is 4.02. The van der Waals surface area contributed by atoms with Crippen LogP contribution in [-0.4, -0.2) is 15.2 Å². The van der Waals surface area contributed by atoms with Crippen LogP contribution in [0.5, 0.6) is 5.75 Å². The van der Waals surface area contributed by atoms with Crippen molar-refractivity contribution in [3.05, 3.63) is 28.9 Å². The SMILES string of the molecule is Cc1noc(/N=N/c2ccc(O)c3cc(C)sc23)n1. The molecule has 19 heavy (non-hydrogen) atoms. The largest absolute Gasteiger partial charge is 0.507 e. The van der Waals surface area contributed by atoms with Crippen LogP contribution in [0.15, 0.2) is 33.0 Å². The number of benzene rings is 1. The highest BCUT2D eigenvalue weighted by molar-refractivity contribution is 7.19. The van der Waals surface area contributed by atoms with Crippen molar-refractivity contribution in [3.63, 3.8) is 0 Å². The van der Waals surface area contributed by atoms with Crippen LogP contribution < -0.4 is 0 Å². The molecular formula is C12H10N4O2S. The molecule has 6 nitrogen and oxygen atoms in total. The lowest BCUT2D eigenvalue weighted by molar-refractivity contribution is 0.421. The lowest BCUT2D eigenvalue weighted by atomic mass is 10.2. The van der Waals surface area contributed by atoms with E-state index in [4.69, 9.17) is 4.52 Å². The molecule has 0 saturated carbocycles. The van der Waals surface area contributed by atoms with Crippen molar-refractivity contribution in [1.29, 1.82) is 0 Å². The first-order valence-electron chi connectivity index (χ1n) is 5.57. The summed E-state index contributed by atoms with van der Waals surface area (Å²) in [6, 6.07) is 5.35. The smallest absolute Gasteiger partial charge is 0.366 e. The highest BCUT2D eigenvalue weighted by Crippen LogP contribution is 2.39. The molecule has 2 aromatic heterocycles. The first-order chi connectivity index (χ1) is 9.13. The minimum Gasteiger partial charge on any atom is -0.507 e. The van der Waals surface area contributed by atoms with Gasteiger partial charge in [-0.2, -0.15) is 4.98 Å². The number of azo groups is 1. The molecule has 0 unspecified atom stereocenters. The Morgan fingerprint density at radius 3 is 2.84 bits per heavy atom. The third kappa shape index (κ3) is 2.19. The molecule has 0 amide bonds. The molecule has 0 radical (unpaired) electrons. The van der Waals surface area contributed by atoms with E-state index >= 15 is 0 Å². The first-order valence-corrected chi connectivity index (χ1v) is 6.39. The molecule has 1 aromatic carbocycles. The van der Waals surface area contributed by atoms with Crippen molar-refractivity contribution in [2.45, 2.75) is 13.8 Å². The summed E-state index contributed by atoms with van der Waals surface area (Å²) in [4.78, 5) is 5.04. The van der Waals surface area contributed by atoms with Gasteiger partial charge in [-0.1, -0.05) is 10.3 Å². The Bertz CT molecular complexity index is 775. The van der Waals surface area contributed by atoms with E-state index in [9.17, 15) is 5.11 Å². The van der Waals surface area contributed by atoms with E-state index in [-0.39, 0.29) is 11.8 Å². The van der Waals surface area contributed by atoms with Gasteiger partial charge in [0.05, 0.1) is 4.70 Å². The summed E-state index contributed by atoms with van der Waals surface area (Å²) < 4.78 is 5.75. The van der Waals surface area contributed by atoms with E-state index in [0.29, 0.717) is 11.5 Å². The topological polar surface area (TPSA) is 83.9 Å². The lowest BCUT2D eigenvalue weighted by Crippen LogP contribution is -1.70. The standard InChI is InChI=1S/C12H10N4O2S/c1-6-5-8-10(17)4-3-9(11(8)19-6)14-15-12-13-7(2)16-18-12/h3-5,17H,1-2H3/b15-14+. The van der Waals surface area contributed by atoms with Crippen LogP contribution in [0.2, 0.25) is 0 Å². The number of aromatic nitrogens is 2. The van der Waals surface area contributed by atoms with E-state index in [0.717, 1.165) is 15.0 Å². The fourth-order valence-electron chi connectivity index (χ4n) is 1.72. The van der Waals surface area contributed by atoms with E-state index in [1.807, 2.05) is 13.0 Å². The molecule has 0 spiro atoms. The van der Waals surface area contributed by atoms with Gasteiger partial charge >= 0.3 is 6.01 Å². The summed E-state index contributed by atoms with van der Waals surface area (Å²) in [5.74, 6) is 0.753. The number of aryl methyl sites for hydroxylation is 2. The van der Waals surface area contributed by atoms with Gasteiger partial charge in [-0.3, -0.25) is 0 Å². The van der Waals surface area contributed by atoms with Crippen LogP contribution in [0, 0.1) is 13.8 Å². The molecule has 3 rings (SSSR count). The summed E-state index contributed by atoms with van der Waals surface area (Å²) in [5, 5.41) is 22.2. The zero-order chi connectivity index (χ0) is 13.4. The number of hydrogen-bond acceptors (Lipinski definition) is 7. The monoisotopic (exact) mass is 274 g/mol. The Kier molecular flexibility index (Phi) is 2.75. The molecule has 96 valence electrons. The number of nitrogens with zero attached hydrogens (tertiary/aromatic N) is 4. The summed E-state index contributed by atoms with van der Waals surface area (Å²) in [6.07, 6.45) is 0. The Morgan fingerprint density at radius 1 is 1.26 bits per heavy atom. The summed E-state index contributed by atoms with van der Waals surface area (Å²) in [6.45, 7) is 3.69. The lowest BCUT2D eigenvalue weighted by Gasteiger charge is -1.97. The van der Waals surface area contributed by atoms with Gasteiger partial charge in [-0.25, -0.2) is 0 Å². The zero-order valence-corrected chi connectivity index (χ0v) is 11.1. The van der Waals surface area contributed by atoms with Crippen LogP contribution in [-0.2, 0) is 0 Å². The summed E-state index contributed by atoms with van der Waals surface area (Å²) >= 11 is 1.55. The molecule has 2 heterocycles. The second kappa shape index (κ2) is 4.43. The number of fused-ring (bicyclic) bond motifs is 1. The van der Waals surface area contributed by atoms with E-state index < -0.39 is 0 Å². The number of phenolic OH excluding ortho intramolecular Hbond substituents is 1. The van der Waals surface area contributed by atoms with Gasteiger partial charge in [0.15, 0.2) is 5.82 Å². The van der Waals surface area contributed by atoms with E-state index in [1.54, 1.807) is 30.4 Å². The molecule has 0 saturated heterocycles. The van der Waals surface area contributed by atoms with Crippen LogP contribution in [0.1, 0.15) is 10.7 Å². The summed E-state index contributed by atoms with van der Waals surface area (Å²) in [7, 11) is 0. The third-order valence-corrected chi connectivity index (χ3v) is 3.60. The third-order valence-electron chi connectivity index (χ3n) is 2.52. The second-order valence-electron chi connectivity index (χ2n) is 4.03. The van der Waals surface area contributed by atoms with Gasteiger partial charge < -0.3 is 9.63 Å². The molecule has 1 N–H and O–H groups in total. The zero-order valence-electron chi connectivity index (χ0n) is 10.3. The van der Waals surface area contributed by atoms with E-state index in [1.165, 1.54) is 0 Å². The molecule has 0 atom stereocenters. The number of thiophene rings is 1. The van der Waals surface area contributed by atoms with Crippen molar-refractivity contribution >= 4 is 33.1 Å². The average molecular weight is 274 g/mol. The Labute approximate surface area is 112 Å². The Hall–Kier alpha value is -2.28. The van der Waals surface area contributed by atoms with Gasteiger partial charge in [0.2, 0.25) is 0 Å². The van der Waals surface area contributed by atoms with Crippen LogP contribution in [0.3, 0.4) is 0 Å². The minimum atomic E-state index is 0.118. The predicted molar refractivity (Wildman–Crippen MR) is 71.4 cm³/mol. The maximum Gasteiger partial charge on any atom is 0.366 e. The van der Waals surface area contributed by atoms with Gasteiger partial charge in [-0.15, -0.1) is 16.5 Å². The van der Waals surface area contributed by atoms with Crippen LogP contribution in [0.4, 0.5) is 11.7 Å². The van der Waals surface area contributed by atoms with Crippen LogP contribution in [0.25, 0.3) is 10.1 Å². The van der Waals surface area contributed by atoms with Gasteiger partial charge in [0, 0.05) is 10.3 Å². The number of aromatic hydroxyl groups is 1. The second-order valence-corrected chi connectivity index (χ2v) is 5.28. The molecule has 3 aromatic rings. The number of rotatable bonds is 2. The molecule has 7 heteroatoms. The van der Waals surface area contributed by atoms with Crippen molar-refractivity contribution in [2.75, 3.05) is 0 Å². The molecule has 0 fully saturated rings. The maximum absolute atomic E-state index is 9.79. The maximum atomic E-state index is 9.79. The fraction of sp³-hybridized carbons (Fsp3) is 0.167. The average Bonchev–Trinajstić information content (AvgIpc) is 2.95. The normalized spacial score (nSPS) is 11.7. The molecular weight excluding hydrogens is 264 g/mol. The van der Waals surface area contributed by atoms with E-state index in [2.05, 4.69) is 20.4 Å². The Balaban J connectivity index is 2.05. The highest BCUT2D eigenvalue weighted by atomic mass is 32.1. The van der Waals surface area contributed by atoms with Gasteiger partial charge in [0.1, 0.15) is 11.4 Å².